The zero-order chi connectivity index (χ0) is 15.6. The molecular formula is C15H14BrFN2O2. The molecule has 0 spiro atoms. The van der Waals surface area contributed by atoms with Crippen molar-refractivity contribution in [2.75, 3.05) is 5.32 Å². The Hall–Kier alpha value is -1.95. The van der Waals surface area contributed by atoms with Crippen molar-refractivity contribution >= 4 is 27.3 Å². The third kappa shape index (κ3) is 3.39. The van der Waals surface area contributed by atoms with Crippen molar-refractivity contribution in [1.29, 1.82) is 0 Å². The normalized spacial score (nSPS) is 12.0. The first-order valence-electron chi connectivity index (χ1n) is 6.35. The highest BCUT2D eigenvalue weighted by Crippen LogP contribution is 2.33. The molecule has 1 N–H and O–H groups in total. The molecule has 0 aliphatic heterocycles. The zero-order valence-corrected chi connectivity index (χ0v) is 13.1. The molecule has 0 aliphatic rings. The van der Waals surface area contributed by atoms with Crippen molar-refractivity contribution in [2.45, 2.75) is 19.9 Å². The molecule has 2 aromatic carbocycles. The van der Waals surface area contributed by atoms with Crippen molar-refractivity contribution < 1.29 is 9.31 Å². The third-order valence-corrected chi connectivity index (χ3v) is 3.87. The number of nitro benzene ring substituents is 1. The first-order chi connectivity index (χ1) is 9.90. The first-order valence-corrected chi connectivity index (χ1v) is 7.15. The second-order valence-corrected chi connectivity index (χ2v) is 5.62. The molecule has 1 unspecified atom stereocenters. The summed E-state index contributed by atoms with van der Waals surface area (Å²) >= 11 is 2.96. The Balaban J connectivity index is 2.37. The van der Waals surface area contributed by atoms with Crippen molar-refractivity contribution in [3.63, 3.8) is 0 Å². The summed E-state index contributed by atoms with van der Waals surface area (Å²) < 4.78 is 13.7. The summed E-state index contributed by atoms with van der Waals surface area (Å²) in [4.78, 5) is 10.6. The average molecular weight is 353 g/mol. The van der Waals surface area contributed by atoms with Gasteiger partial charge < -0.3 is 5.32 Å². The molecule has 6 heteroatoms. The van der Waals surface area contributed by atoms with Gasteiger partial charge in [0.15, 0.2) is 0 Å². The van der Waals surface area contributed by atoms with E-state index in [4.69, 9.17) is 0 Å². The number of anilines is 1. The Bertz CT molecular complexity index is 691. The summed E-state index contributed by atoms with van der Waals surface area (Å²) in [6.07, 6.45) is 0. The second-order valence-electron chi connectivity index (χ2n) is 4.76. The summed E-state index contributed by atoms with van der Waals surface area (Å²) in [5.41, 5.74) is 2.08. The standard InChI is InChI=1S/C15H14BrFN2O2/c1-9-5-3-4-6-11(9)10(2)18-14-8-13(17)12(16)7-15(14)19(20)21/h3-8,10,18H,1-2H3. The lowest BCUT2D eigenvalue weighted by Gasteiger charge is -2.18. The van der Waals surface area contributed by atoms with Crippen molar-refractivity contribution in [2.24, 2.45) is 0 Å². The lowest BCUT2D eigenvalue weighted by Crippen LogP contribution is -2.10. The third-order valence-electron chi connectivity index (χ3n) is 3.26. The molecular weight excluding hydrogens is 339 g/mol. The molecule has 0 heterocycles. The topological polar surface area (TPSA) is 55.2 Å². The van der Waals surface area contributed by atoms with Gasteiger partial charge >= 0.3 is 0 Å². The molecule has 0 amide bonds. The van der Waals surface area contributed by atoms with Gasteiger partial charge in [-0.05, 0) is 40.9 Å². The molecule has 0 saturated carbocycles. The fourth-order valence-electron chi connectivity index (χ4n) is 2.19. The maximum Gasteiger partial charge on any atom is 0.293 e. The summed E-state index contributed by atoms with van der Waals surface area (Å²) in [6, 6.07) is 9.85. The lowest BCUT2D eigenvalue weighted by atomic mass is 10.0. The van der Waals surface area contributed by atoms with Crippen LogP contribution in [0.25, 0.3) is 0 Å². The first kappa shape index (κ1) is 15.4. The molecule has 0 aromatic heterocycles. The fraction of sp³-hybridized carbons (Fsp3) is 0.200. The quantitative estimate of drug-likeness (QED) is 0.623. The van der Waals surface area contributed by atoms with Gasteiger partial charge in [0.25, 0.3) is 5.69 Å². The highest BCUT2D eigenvalue weighted by atomic mass is 79.9. The summed E-state index contributed by atoms with van der Waals surface area (Å²) in [7, 11) is 0. The smallest absolute Gasteiger partial charge is 0.293 e. The maximum atomic E-state index is 13.6. The van der Waals surface area contributed by atoms with E-state index in [2.05, 4.69) is 21.2 Å². The minimum absolute atomic E-state index is 0.0725. The van der Waals surface area contributed by atoms with Crippen LogP contribution in [0.2, 0.25) is 0 Å². The van der Waals surface area contributed by atoms with E-state index in [1.165, 1.54) is 6.07 Å². The number of hydrogen-bond donors (Lipinski definition) is 1. The molecule has 2 rings (SSSR count). The molecule has 2 aromatic rings. The van der Waals surface area contributed by atoms with Gasteiger partial charge in [-0.3, -0.25) is 10.1 Å². The van der Waals surface area contributed by atoms with Gasteiger partial charge in [0, 0.05) is 18.2 Å². The number of halogens is 2. The Kier molecular flexibility index (Phi) is 4.57. The fourth-order valence-corrected chi connectivity index (χ4v) is 2.52. The Morgan fingerprint density at radius 3 is 2.62 bits per heavy atom. The summed E-state index contributed by atoms with van der Waals surface area (Å²) in [5.74, 6) is -0.542. The largest absolute Gasteiger partial charge is 0.373 e. The highest BCUT2D eigenvalue weighted by Gasteiger charge is 2.19. The number of rotatable bonds is 4. The van der Waals surface area contributed by atoms with Gasteiger partial charge in [-0.25, -0.2) is 4.39 Å². The Morgan fingerprint density at radius 2 is 2.00 bits per heavy atom. The minimum Gasteiger partial charge on any atom is -0.373 e. The van der Waals surface area contributed by atoms with Gasteiger partial charge in [-0.1, -0.05) is 24.3 Å². The highest BCUT2D eigenvalue weighted by molar-refractivity contribution is 9.10. The van der Waals surface area contributed by atoms with Crippen LogP contribution in [0.4, 0.5) is 15.8 Å². The van der Waals surface area contributed by atoms with E-state index in [9.17, 15) is 14.5 Å². The van der Waals surface area contributed by atoms with Crippen LogP contribution >= 0.6 is 15.9 Å². The molecule has 21 heavy (non-hydrogen) atoms. The average Bonchev–Trinajstić information content (AvgIpc) is 2.42. The number of nitro groups is 1. The SMILES string of the molecule is Cc1ccccc1C(C)Nc1cc(F)c(Br)cc1[N+](=O)[O-]. The second kappa shape index (κ2) is 6.22. The predicted molar refractivity (Wildman–Crippen MR) is 84.0 cm³/mol. The number of benzene rings is 2. The van der Waals surface area contributed by atoms with Gasteiger partial charge in [0.1, 0.15) is 11.5 Å². The van der Waals surface area contributed by atoms with Crippen LogP contribution in [0.3, 0.4) is 0 Å². The van der Waals surface area contributed by atoms with Gasteiger partial charge in [-0.2, -0.15) is 0 Å². The Labute approximate surface area is 130 Å². The molecule has 0 saturated heterocycles. The molecule has 0 aliphatic carbocycles. The van der Waals surface area contributed by atoms with Crippen LogP contribution in [-0.4, -0.2) is 4.92 Å². The molecule has 0 bridgehead atoms. The summed E-state index contributed by atoms with van der Waals surface area (Å²) in [5, 5.41) is 14.1. The predicted octanol–water partition coefficient (Wildman–Crippen LogP) is 4.98. The van der Waals surface area contributed by atoms with E-state index in [-0.39, 0.29) is 21.9 Å². The molecule has 1 atom stereocenters. The van der Waals surface area contributed by atoms with E-state index < -0.39 is 10.7 Å². The molecule has 4 nitrogen and oxygen atoms in total. The van der Waals surface area contributed by atoms with Crippen molar-refractivity contribution in [1.82, 2.24) is 0 Å². The lowest BCUT2D eigenvalue weighted by molar-refractivity contribution is -0.384. The van der Waals surface area contributed by atoms with Crippen LogP contribution < -0.4 is 5.32 Å². The number of hydrogen-bond acceptors (Lipinski definition) is 3. The van der Waals surface area contributed by atoms with Gasteiger partial charge in [0.2, 0.25) is 0 Å². The summed E-state index contributed by atoms with van der Waals surface area (Å²) in [6.45, 7) is 3.84. The Morgan fingerprint density at radius 1 is 1.33 bits per heavy atom. The van der Waals surface area contributed by atoms with E-state index >= 15 is 0 Å². The van der Waals surface area contributed by atoms with E-state index in [0.29, 0.717) is 0 Å². The van der Waals surface area contributed by atoms with Crippen LogP contribution in [0.15, 0.2) is 40.9 Å². The minimum atomic E-state index is -0.542. The van der Waals surface area contributed by atoms with E-state index in [1.54, 1.807) is 0 Å². The van der Waals surface area contributed by atoms with Gasteiger partial charge in [0.05, 0.1) is 9.40 Å². The number of nitrogens with one attached hydrogen (secondary N) is 1. The van der Waals surface area contributed by atoms with Crippen molar-refractivity contribution in [3.8, 4) is 0 Å². The number of aryl methyl sites for hydroxylation is 1. The van der Waals surface area contributed by atoms with Crippen LogP contribution in [0.1, 0.15) is 24.1 Å². The zero-order valence-electron chi connectivity index (χ0n) is 11.6. The number of nitrogens with zero attached hydrogens (tertiary/aromatic N) is 1. The van der Waals surface area contributed by atoms with E-state index in [0.717, 1.165) is 17.2 Å². The van der Waals surface area contributed by atoms with Crippen LogP contribution in [0, 0.1) is 22.9 Å². The maximum absolute atomic E-state index is 13.6. The monoisotopic (exact) mass is 352 g/mol. The van der Waals surface area contributed by atoms with Gasteiger partial charge in [-0.15, -0.1) is 0 Å². The molecule has 110 valence electrons. The molecule has 0 fully saturated rings. The van der Waals surface area contributed by atoms with Crippen LogP contribution in [-0.2, 0) is 0 Å². The van der Waals surface area contributed by atoms with E-state index in [1.807, 2.05) is 38.1 Å². The van der Waals surface area contributed by atoms with Crippen molar-refractivity contribution in [3.05, 3.63) is 67.9 Å². The van der Waals surface area contributed by atoms with Crippen LogP contribution in [0.5, 0.6) is 0 Å². The molecule has 0 radical (unpaired) electrons.